The van der Waals surface area contributed by atoms with Crippen molar-refractivity contribution in [3.05, 3.63) is 35.9 Å². The number of amides is 5. The number of nitrogens with two attached hydrogens (primary N) is 1. The number of benzene rings is 1. The van der Waals surface area contributed by atoms with Crippen molar-refractivity contribution in [3.8, 4) is 0 Å². The summed E-state index contributed by atoms with van der Waals surface area (Å²) in [6, 6.07) is 6.07. The van der Waals surface area contributed by atoms with Crippen LogP contribution in [0.15, 0.2) is 30.3 Å². The van der Waals surface area contributed by atoms with Gasteiger partial charge in [-0.1, -0.05) is 58.0 Å². The molecule has 2 bridgehead atoms. The van der Waals surface area contributed by atoms with Crippen molar-refractivity contribution in [2.75, 3.05) is 7.11 Å². The second-order valence-corrected chi connectivity index (χ2v) is 14.3. The van der Waals surface area contributed by atoms with Crippen LogP contribution in [0.5, 0.6) is 0 Å². The van der Waals surface area contributed by atoms with E-state index < -0.39 is 66.5 Å². The van der Waals surface area contributed by atoms with Crippen LogP contribution in [0.25, 0.3) is 0 Å². The molecule has 0 aromatic heterocycles. The second kappa shape index (κ2) is 14.6. The van der Waals surface area contributed by atoms with Gasteiger partial charge < -0.3 is 41.0 Å². The van der Waals surface area contributed by atoms with Gasteiger partial charge >= 0.3 is 13.2 Å². The maximum atomic E-state index is 13.6. The molecule has 1 aromatic carbocycles. The van der Waals surface area contributed by atoms with Gasteiger partial charge in [-0.3, -0.25) is 19.2 Å². The molecule has 0 spiro atoms. The zero-order valence-electron chi connectivity index (χ0n) is 28.5. The fraction of sp³-hybridized carbons (Fsp3) is 0.667. The van der Waals surface area contributed by atoms with Gasteiger partial charge in [0.25, 0.3) is 0 Å². The number of methoxy groups -OCH3 is 1. The Kier molecular flexibility index (Phi) is 11.3. The highest BCUT2D eigenvalue weighted by atomic mass is 16.7. The summed E-state index contributed by atoms with van der Waals surface area (Å²) in [6.07, 6.45) is 1.37. The molecule has 1 aliphatic heterocycles. The van der Waals surface area contributed by atoms with E-state index >= 15 is 0 Å². The molecular formula is C33H50BN5O8. The summed E-state index contributed by atoms with van der Waals surface area (Å²) < 4.78 is 17.6. The molecule has 8 atom stereocenters. The zero-order valence-corrected chi connectivity index (χ0v) is 28.5. The number of rotatable bonds is 14. The molecule has 5 rings (SSSR count). The summed E-state index contributed by atoms with van der Waals surface area (Å²) in [7, 11) is 0.412. The number of alkyl carbamates (subject to hydrolysis) is 1. The lowest BCUT2D eigenvalue weighted by Crippen LogP contribution is -2.65. The Labute approximate surface area is 277 Å². The molecule has 4 fully saturated rings. The summed E-state index contributed by atoms with van der Waals surface area (Å²) in [5, 5.41) is 10.9. The van der Waals surface area contributed by atoms with Crippen molar-refractivity contribution in [2.24, 2.45) is 28.9 Å². The summed E-state index contributed by atoms with van der Waals surface area (Å²) in [5.74, 6) is -2.33. The first-order chi connectivity index (χ1) is 22.1. The summed E-state index contributed by atoms with van der Waals surface area (Å²) in [4.78, 5) is 64.0. The van der Waals surface area contributed by atoms with E-state index in [2.05, 4.69) is 46.8 Å². The SMILES string of the molecule is COC(=O)N[C@H](C(=O)N[C@@H](Cc1ccccc1)C(=O)N[C@@H](C)C(=O)N[C@H](CCC(N)=O)B1O[C@@H]2C[C@@H]3C[C@@H](C3(C)C)[C@]2(C)O1)C(C)C. The molecule has 1 aromatic rings. The number of ether oxygens (including phenoxy) is 1. The monoisotopic (exact) mass is 655 g/mol. The van der Waals surface area contributed by atoms with Crippen LogP contribution >= 0.6 is 0 Å². The van der Waals surface area contributed by atoms with Crippen LogP contribution in [0.1, 0.15) is 72.8 Å². The molecule has 3 aliphatic carbocycles. The van der Waals surface area contributed by atoms with Gasteiger partial charge in [-0.2, -0.15) is 0 Å². The van der Waals surface area contributed by atoms with Crippen LogP contribution in [0.4, 0.5) is 4.79 Å². The largest absolute Gasteiger partial charge is 0.481 e. The Morgan fingerprint density at radius 2 is 1.64 bits per heavy atom. The van der Waals surface area contributed by atoms with Gasteiger partial charge in [-0.15, -0.1) is 0 Å². The molecular weight excluding hydrogens is 605 g/mol. The van der Waals surface area contributed by atoms with Crippen LogP contribution in [-0.4, -0.2) is 79.7 Å². The molecule has 47 heavy (non-hydrogen) atoms. The number of primary amides is 1. The van der Waals surface area contributed by atoms with Gasteiger partial charge in [-0.05, 0) is 61.8 Å². The first kappa shape index (κ1) is 36.2. The number of hydrogen-bond acceptors (Lipinski definition) is 8. The van der Waals surface area contributed by atoms with Crippen molar-refractivity contribution >= 4 is 36.8 Å². The van der Waals surface area contributed by atoms with Crippen molar-refractivity contribution in [1.29, 1.82) is 0 Å². The van der Waals surface area contributed by atoms with Gasteiger partial charge in [0, 0.05) is 12.8 Å². The third-order valence-corrected chi connectivity index (χ3v) is 10.4. The van der Waals surface area contributed by atoms with E-state index in [1.807, 2.05) is 30.3 Å². The lowest BCUT2D eigenvalue weighted by atomic mass is 9.43. The highest BCUT2D eigenvalue weighted by Gasteiger charge is 2.68. The highest BCUT2D eigenvalue weighted by Crippen LogP contribution is 2.65. The van der Waals surface area contributed by atoms with E-state index in [0.717, 1.165) is 18.4 Å². The minimum absolute atomic E-state index is 0.00957. The quantitative estimate of drug-likeness (QED) is 0.187. The Hall–Kier alpha value is -3.65. The van der Waals surface area contributed by atoms with E-state index in [4.69, 9.17) is 15.0 Å². The summed E-state index contributed by atoms with van der Waals surface area (Å²) in [6.45, 7) is 11.6. The van der Waals surface area contributed by atoms with Gasteiger partial charge in [0.15, 0.2) is 0 Å². The Morgan fingerprint density at radius 3 is 2.23 bits per heavy atom. The molecule has 5 amide bonds. The first-order valence-corrected chi connectivity index (χ1v) is 16.5. The predicted octanol–water partition coefficient (Wildman–Crippen LogP) is 1.62. The van der Waals surface area contributed by atoms with Crippen LogP contribution in [0.2, 0.25) is 0 Å². The zero-order chi connectivity index (χ0) is 34.7. The van der Waals surface area contributed by atoms with Crippen molar-refractivity contribution < 1.29 is 38.0 Å². The summed E-state index contributed by atoms with van der Waals surface area (Å²) >= 11 is 0. The lowest BCUT2D eigenvalue weighted by molar-refractivity contribution is -0.199. The first-order valence-electron chi connectivity index (χ1n) is 16.5. The van der Waals surface area contributed by atoms with Crippen LogP contribution in [0.3, 0.4) is 0 Å². The lowest BCUT2D eigenvalue weighted by Gasteiger charge is -2.64. The molecule has 4 aliphatic rings. The smallest absolute Gasteiger partial charge is 0.453 e. The Morgan fingerprint density at radius 1 is 0.957 bits per heavy atom. The minimum atomic E-state index is -1.06. The molecule has 0 unspecified atom stereocenters. The fourth-order valence-corrected chi connectivity index (χ4v) is 7.37. The van der Waals surface area contributed by atoms with Crippen molar-refractivity contribution in [3.63, 3.8) is 0 Å². The number of carbonyl (C=O) groups is 5. The van der Waals surface area contributed by atoms with E-state index in [0.29, 0.717) is 11.8 Å². The predicted molar refractivity (Wildman–Crippen MR) is 174 cm³/mol. The molecule has 13 nitrogen and oxygen atoms in total. The number of nitrogens with one attached hydrogen (secondary N) is 4. The molecule has 1 saturated heterocycles. The average molecular weight is 656 g/mol. The summed E-state index contributed by atoms with van der Waals surface area (Å²) in [5.41, 5.74) is 5.85. The van der Waals surface area contributed by atoms with E-state index in [-0.39, 0.29) is 36.7 Å². The van der Waals surface area contributed by atoms with Gasteiger partial charge in [0.05, 0.1) is 24.8 Å². The highest BCUT2D eigenvalue weighted by molar-refractivity contribution is 6.48. The molecule has 0 radical (unpaired) electrons. The third kappa shape index (κ3) is 8.09. The Balaban J connectivity index is 1.45. The maximum absolute atomic E-state index is 13.6. The van der Waals surface area contributed by atoms with Crippen molar-refractivity contribution in [1.82, 2.24) is 21.3 Å². The Bertz CT molecular complexity index is 1330. The maximum Gasteiger partial charge on any atom is 0.481 e. The minimum Gasteiger partial charge on any atom is -0.453 e. The van der Waals surface area contributed by atoms with Gasteiger partial charge in [-0.25, -0.2) is 4.79 Å². The fourth-order valence-electron chi connectivity index (χ4n) is 7.37. The number of carbonyl (C=O) groups excluding carboxylic acids is 5. The van der Waals surface area contributed by atoms with E-state index in [1.54, 1.807) is 13.8 Å². The van der Waals surface area contributed by atoms with Crippen LogP contribution in [0, 0.1) is 23.2 Å². The average Bonchev–Trinajstić information content (AvgIpc) is 3.38. The standard InChI is InChI=1S/C33H50BN5O8/c1-18(2)27(39-31(44)45-7)30(43)37-22(15-20-11-9-8-10-12-20)29(42)36-19(3)28(41)38-25(13-14-26(35)40)34-46-24-17-21-16-23(32(21,4)5)33(24,6)47-34/h8-12,18-19,21-25,27H,13-17H2,1-7H3,(H2,35,40)(H,36,42)(H,37,43)(H,38,41)(H,39,44)/t19-,21-,22-,23-,24+,25+,27-,33-/m0/s1. The van der Waals surface area contributed by atoms with Gasteiger partial charge in [0.1, 0.15) is 18.1 Å². The molecule has 258 valence electrons. The van der Waals surface area contributed by atoms with Crippen LogP contribution in [-0.2, 0) is 39.6 Å². The molecule has 3 saturated carbocycles. The second-order valence-electron chi connectivity index (χ2n) is 14.3. The van der Waals surface area contributed by atoms with Gasteiger partial charge in [0.2, 0.25) is 23.6 Å². The van der Waals surface area contributed by atoms with E-state index in [1.165, 1.54) is 14.0 Å². The molecule has 14 heteroatoms. The molecule has 6 N–H and O–H groups in total. The van der Waals surface area contributed by atoms with E-state index in [9.17, 15) is 24.0 Å². The molecule has 1 heterocycles. The normalized spacial score (nSPS) is 26.5. The third-order valence-electron chi connectivity index (χ3n) is 10.4. The number of hydrogen-bond donors (Lipinski definition) is 5. The topological polar surface area (TPSA) is 187 Å². The van der Waals surface area contributed by atoms with Crippen LogP contribution < -0.4 is 27.0 Å². The van der Waals surface area contributed by atoms with Crippen molar-refractivity contribution in [2.45, 2.75) is 109 Å².